The molecule has 0 unspecified atom stereocenters. The van der Waals surface area contributed by atoms with E-state index >= 15 is 0 Å². The molecule has 3 rings (SSSR count). The van der Waals surface area contributed by atoms with Crippen molar-refractivity contribution < 1.29 is 19.1 Å². The zero-order valence-electron chi connectivity index (χ0n) is 18.8. The van der Waals surface area contributed by atoms with Gasteiger partial charge in [-0.3, -0.25) is 4.79 Å². The summed E-state index contributed by atoms with van der Waals surface area (Å²) >= 11 is 7.40. The van der Waals surface area contributed by atoms with E-state index < -0.39 is 5.97 Å². The van der Waals surface area contributed by atoms with Gasteiger partial charge in [-0.05, 0) is 50.1 Å². The van der Waals surface area contributed by atoms with Crippen molar-refractivity contribution in [3.8, 4) is 5.75 Å². The Morgan fingerprint density at radius 3 is 2.58 bits per heavy atom. The minimum atomic E-state index is -0.478. The Morgan fingerprint density at radius 1 is 1.15 bits per heavy atom. The summed E-state index contributed by atoms with van der Waals surface area (Å²) in [6.45, 7) is 6.23. The lowest BCUT2D eigenvalue weighted by Crippen LogP contribution is -2.15. The highest BCUT2D eigenvalue weighted by Crippen LogP contribution is 2.25. The number of aromatic nitrogens is 3. The Bertz CT molecular complexity index is 1150. The first-order valence-corrected chi connectivity index (χ1v) is 11.6. The Labute approximate surface area is 201 Å². The van der Waals surface area contributed by atoms with Crippen LogP contribution in [0.2, 0.25) is 5.02 Å². The standard InChI is InChI=1S/C23H25ClN4O4S/c1-5-31-22(30)16-9-10-17(24)18(11-16)25-20(29)13-33-23-27-26-19(28(23)4)12-32-21-14(2)7-6-8-15(21)3/h6-11H,5,12-13H2,1-4H3,(H,25,29). The number of nitrogens with zero attached hydrogens (tertiary/aromatic N) is 3. The normalized spacial score (nSPS) is 10.7. The van der Waals surface area contributed by atoms with Gasteiger partial charge in [0.25, 0.3) is 0 Å². The second-order valence-electron chi connectivity index (χ2n) is 7.22. The Morgan fingerprint density at radius 2 is 1.88 bits per heavy atom. The van der Waals surface area contributed by atoms with Gasteiger partial charge in [0.2, 0.25) is 5.91 Å². The number of benzene rings is 2. The molecule has 10 heteroatoms. The molecule has 8 nitrogen and oxygen atoms in total. The molecule has 1 heterocycles. The van der Waals surface area contributed by atoms with Gasteiger partial charge in [-0.15, -0.1) is 10.2 Å². The van der Waals surface area contributed by atoms with Crippen molar-refractivity contribution in [2.24, 2.45) is 7.05 Å². The van der Waals surface area contributed by atoms with E-state index in [9.17, 15) is 9.59 Å². The van der Waals surface area contributed by atoms with Crippen molar-refractivity contribution in [2.45, 2.75) is 32.5 Å². The van der Waals surface area contributed by atoms with Crippen LogP contribution in [0.4, 0.5) is 5.69 Å². The molecular formula is C23H25ClN4O4S. The molecule has 0 saturated carbocycles. The number of para-hydroxylation sites is 1. The number of esters is 1. The van der Waals surface area contributed by atoms with Gasteiger partial charge in [-0.25, -0.2) is 4.79 Å². The second kappa shape index (κ2) is 11.2. The zero-order valence-corrected chi connectivity index (χ0v) is 20.4. The third-order valence-electron chi connectivity index (χ3n) is 4.76. The number of amides is 1. The van der Waals surface area contributed by atoms with Crippen LogP contribution >= 0.6 is 23.4 Å². The first-order chi connectivity index (χ1) is 15.8. The van der Waals surface area contributed by atoms with E-state index in [4.69, 9.17) is 21.1 Å². The third kappa shape index (κ3) is 6.27. The van der Waals surface area contributed by atoms with Gasteiger partial charge in [-0.2, -0.15) is 0 Å². The van der Waals surface area contributed by atoms with E-state index in [1.165, 1.54) is 17.8 Å². The number of thioether (sulfide) groups is 1. The summed E-state index contributed by atoms with van der Waals surface area (Å²) in [6.07, 6.45) is 0. The highest BCUT2D eigenvalue weighted by atomic mass is 35.5. The Kier molecular flexibility index (Phi) is 8.35. The van der Waals surface area contributed by atoms with E-state index in [0.717, 1.165) is 16.9 Å². The number of aryl methyl sites for hydroxylation is 2. The molecular weight excluding hydrogens is 464 g/mol. The van der Waals surface area contributed by atoms with Crippen LogP contribution in [0.25, 0.3) is 0 Å². The average molecular weight is 489 g/mol. The highest BCUT2D eigenvalue weighted by molar-refractivity contribution is 7.99. The quantitative estimate of drug-likeness (QED) is 0.348. The molecule has 0 bridgehead atoms. The van der Waals surface area contributed by atoms with Crippen LogP contribution in [0.3, 0.4) is 0 Å². The number of nitrogens with one attached hydrogen (secondary N) is 1. The first kappa shape index (κ1) is 24.6. The van der Waals surface area contributed by atoms with Crippen molar-refractivity contribution in [3.05, 3.63) is 63.9 Å². The first-order valence-electron chi connectivity index (χ1n) is 10.3. The van der Waals surface area contributed by atoms with Crippen molar-refractivity contribution in [2.75, 3.05) is 17.7 Å². The Balaban J connectivity index is 1.58. The average Bonchev–Trinajstić information content (AvgIpc) is 3.13. The summed E-state index contributed by atoms with van der Waals surface area (Å²) < 4.78 is 12.7. The maximum absolute atomic E-state index is 12.5. The summed E-state index contributed by atoms with van der Waals surface area (Å²) in [5, 5.41) is 12.0. The van der Waals surface area contributed by atoms with Gasteiger partial charge < -0.3 is 19.4 Å². The number of carbonyl (C=O) groups is 2. The van der Waals surface area contributed by atoms with Gasteiger partial charge in [0.1, 0.15) is 12.4 Å². The molecule has 0 fully saturated rings. The number of rotatable bonds is 9. The lowest BCUT2D eigenvalue weighted by atomic mass is 10.1. The summed E-state index contributed by atoms with van der Waals surface area (Å²) in [5.74, 6) is 0.790. The summed E-state index contributed by atoms with van der Waals surface area (Å²) in [7, 11) is 1.82. The molecule has 1 amide bonds. The van der Waals surface area contributed by atoms with E-state index in [-0.39, 0.29) is 24.9 Å². The van der Waals surface area contributed by atoms with Gasteiger partial charge in [-0.1, -0.05) is 41.6 Å². The molecule has 0 saturated heterocycles. The highest BCUT2D eigenvalue weighted by Gasteiger charge is 2.15. The topological polar surface area (TPSA) is 95.3 Å². The Hall–Kier alpha value is -3.04. The summed E-state index contributed by atoms with van der Waals surface area (Å²) in [5.41, 5.74) is 2.75. The molecule has 0 aliphatic rings. The molecule has 0 aliphatic carbocycles. The zero-order chi connectivity index (χ0) is 24.0. The van der Waals surface area contributed by atoms with Gasteiger partial charge in [0.05, 0.1) is 28.6 Å². The van der Waals surface area contributed by atoms with Crippen LogP contribution in [0.5, 0.6) is 5.75 Å². The number of anilines is 1. The molecule has 1 N–H and O–H groups in total. The van der Waals surface area contributed by atoms with Gasteiger partial charge >= 0.3 is 5.97 Å². The fourth-order valence-electron chi connectivity index (χ4n) is 3.04. The maximum Gasteiger partial charge on any atom is 0.338 e. The van der Waals surface area contributed by atoms with E-state index in [0.29, 0.717) is 27.3 Å². The smallest absolute Gasteiger partial charge is 0.338 e. The van der Waals surface area contributed by atoms with Crippen LogP contribution in [0.1, 0.15) is 34.2 Å². The lowest BCUT2D eigenvalue weighted by molar-refractivity contribution is -0.113. The van der Waals surface area contributed by atoms with Crippen molar-refractivity contribution in [3.63, 3.8) is 0 Å². The molecule has 1 aromatic heterocycles. The second-order valence-corrected chi connectivity index (χ2v) is 8.57. The van der Waals surface area contributed by atoms with Crippen molar-refractivity contribution in [1.29, 1.82) is 0 Å². The van der Waals surface area contributed by atoms with Crippen LogP contribution < -0.4 is 10.1 Å². The number of halogens is 1. The van der Waals surface area contributed by atoms with Crippen LogP contribution in [-0.4, -0.2) is 39.0 Å². The fourth-order valence-corrected chi connectivity index (χ4v) is 3.93. The molecule has 174 valence electrons. The van der Waals surface area contributed by atoms with Gasteiger partial charge in [0.15, 0.2) is 11.0 Å². The molecule has 3 aromatic rings. The maximum atomic E-state index is 12.5. The third-order valence-corrected chi connectivity index (χ3v) is 6.11. The minimum Gasteiger partial charge on any atom is -0.485 e. The predicted octanol–water partition coefficient (Wildman–Crippen LogP) is 4.57. The van der Waals surface area contributed by atoms with E-state index in [1.54, 1.807) is 23.6 Å². The SMILES string of the molecule is CCOC(=O)c1ccc(Cl)c(NC(=O)CSc2nnc(COc3c(C)cccc3C)n2C)c1. The van der Waals surface area contributed by atoms with Crippen molar-refractivity contribution in [1.82, 2.24) is 14.8 Å². The number of hydrogen-bond acceptors (Lipinski definition) is 7. The van der Waals surface area contributed by atoms with E-state index in [1.807, 2.05) is 39.1 Å². The largest absolute Gasteiger partial charge is 0.485 e. The minimum absolute atomic E-state index is 0.0870. The molecule has 0 atom stereocenters. The molecule has 33 heavy (non-hydrogen) atoms. The van der Waals surface area contributed by atoms with Crippen molar-refractivity contribution >= 4 is 40.9 Å². The molecule has 0 aliphatic heterocycles. The van der Waals surface area contributed by atoms with Gasteiger partial charge in [0, 0.05) is 7.05 Å². The summed E-state index contributed by atoms with van der Waals surface area (Å²) in [6, 6.07) is 10.6. The van der Waals surface area contributed by atoms with Crippen LogP contribution in [0.15, 0.2) is 41.6 Å². The predicted molar refractivity (Wildman–Crippen MR) is 128 cm³/mol. The number of hydrogen-bond donors (Lipinski definition) is 1. The molecule has 0 spiro atoms. The summed E-state index contributed by atoms with van der Waals surface area (Å²) in [4.78, 5) is 24.4. The number of ether oxygens (including phenoxy) is 2. The van der Waals surface area contributed by atoms with Crippen LogP contribution in [-0.2, 0) is 23.2 Å². The van der Waals surface area contributed by atoms with Crippen LogP contribution in [0, 0.1) is 13.8 Å². The molecule has 0 radical (unpaired) electrons. The number of carbonyl (C=O) groups excluding carboxylic acids is 2. The lowest BCUT2D eigenvalue weighted by Gasteiger charge is -2.11. The van der Waals surface area contributed by atoms with E-state index in [2.05, 4.69) is 15.5 Å². The monoisotopic (exact) mass is 488 g/mol. The molecule has 2 aromatic carbocycles. The fraction of sp³-hybridized carbons (Fsp3) is 0.304.